The van der Waals surface area contributed by atoms with Crippen LogP contribution in [0.3, 0.4) is 0 Å². The van der Waals surface area contributed by atoms with E-state index >= 15 is 0 Å². The molecule has 2 heterocycles. The summed E-state index contributed by atoms with van der Waals surface area (Å²) >= 11 is 0. The number of H-pyrrole nitrogens is 1. The fourth-order valence-corrected chi connectivity index (χ4v) is 5.16. The van der Waals surface area contributed by atoms with E-state index in [9.17, 15) is 17.6 Å². The topological polar surface area (TPSA) is 83.1 Å². The van der Waals surface area contributed by atoms with E-state index in [0.717, 1.165) is 6.42 Å². The summed E-state index contributed by atoms with van der Waals surface area (Å²) in [5.74, 6) is -0.878. The van der Waals surface area contributed by atoms with Crippen molar-refractivity contribution in [2.45, 2.75) is 23.8 Å². The number of hydrogen-bond donors (Lipinski definition) is 1. The van der Waals surface area contributed by atoms with Crippen molar-refractivity contribution in [3.05, 3.63) is 60.0 Å². The summed E-state index contributed by atoms with van der Waals surface area (Å²) < 4.78 is 38.7. The number of benzene rings is 2. The molecular weight excluding hydrogens is 369 g/mol. The highest BCUT2D eigenvalue weighted by Crippen LogP contribution is 2.26. The third-order valence-corrected chi connectivity index (χ3v) is 6.69. The number of nitrogens with zero attached hydrogens (tertiary/aromatic N) is 2. The standard InChI is InChI=1S/C19H18FN3O3S/c20-13-8-9-16-17(11-13)21-22-18(16)19(24)23-10-4-5-14(23)12-27(25,26)15-6-2-1-3-7-15/h1-3,6-9,11,14H,4-5,10,12H2,(H,21,22). The van der Waals surface area contributed by atoms with Gasteiger partial charge in [0.2, 0.25) is 0 Å². The molecule has 1 atom stereocenters. The molecule has 0 aliphatic carbocycles. The normalized spacial score (nSPS) is 17.5. The van der Waals surface area contributed by atoms with Gasteiger partial charge in [-0.3, -0.25) is 9.89 Å². The molecule has 8 heteroatoms. The fourth-order valence-electron chi connectivity index (χ4n) is 3.54. The molecule has 0 saturated carbocycles. The zero-order valence-corrected chi connectivity index (χ0v) is 15.2. The van der Waals surface area contributed by atoms with E-state index in [-0.39, 0.29) is 22.2 Å². The first kappa shape index (κ1) is 17.7. The minimum Gasteiger partial charge on any atom is -0.333 e. The zero-order valence-electron chi connectivity index (χ0n) is 14.4. The highest BCUT2D eigenvalue weighted by molar-refractivity contribution is 7.91. The summed E-state index contributed by atoms with van der Waals surface area (Å²) in [6, 6.07) is 11.9. The van der Waals surface area contributed by atoms with Crippen LogP contribution < -0.4 is 0 Å². The Kier molecular flexibility index (Phi) is 4.43. The second-order valence-corrected chi connectivity index (χ2v) is 8.69. The summed E-state index contributed by atoms with van der Waals surface area (Å²) in [7, 11) is -3.50. The number of sulfone groups is 1. The van der Waals surface area contributed by atoms with Crippen molar-refractivity contribution in [3.8, 4) is 0 Å². The second-order valence-electron chi connectivity index (χ2n) is 6.65. The Morgan fingerprint density at radius 3 is 2.78 bits per heavy atom. The summed E-state index contributed by atoms with van der Waals surface area (Å²) in [5, 5.41) is 7.23. The third kappa shape index (κ3) is 3.32. The monoisotopic (exact) mass is 387 g/mol. The SMILES string of the molecule is O=C(c1n[nH]c2cc(F)ccc12)N1CCCC1CS(=O)(=O)c1ccccc1. The van der Waals surface area contributed by atoms with Gasteiger partial charge >= 0.3 is 0 Å². The lowest BCUT2D eigenvalue weighted by atomic mass is 10.2. The molecule has 1 fully saturated rings. The van der Waals surface area contributed by atoms with Gasteiger partial charge in [0.25, 0.3) is 5.91 Å². The summed E-state index contributed by atoms with van der Waals surface area (Å²) in [4.78, 5) is 14.8. The molecule has 2 aromatic carbocycles. The molecule has 4 rings (SSSR count). The van der Waals surface area contributed by atoms with Gasteiger partial charge in [-0.25, -0.2) is 12.8 Å². The molecular formula is C19H18FN3O3S. The lowest BCUT2D eigenvalue weighted by Crippen LogP contribution is -2.40. The van der Waals surface area contributed by atoms with Gasteiger partial charge in [-0.15, -0.1) is 0 Å². The van der Waals surface area contributed by atoms with Crippen LogP contribution >= 0.6 is 0 Å². The number of aromatic amines is 1. The quantitative estimate of drug-likeness (QED) is 0.746. The predicted octanol–water partition coefficient (Wildman–Crippen LogP) is 2.78. The second kappa shape index (κ2) is 6.77. The molecule has 1 aliphatic rings. The van der Waals surface area contributed by atoms with E-state index in [0.29, 0.717) is 23.9 Å². The van der Waals surface area contributed by atoms with Crippen LogP contribution in [0.2, 0.25) is 0 Å². The smallest absolute Gasteiger partial charge is 0.275 e. The fraction of sp³-hybridized carbons (Fsp3) is 0.263. The lowest BCUT2D eigenvalue weighted by Gasteiger charge is -2.24. The van der Waals surface area contributed by atoms with E-state index < -0.39 is 21.7 Å². The Morgan fingerprint density at radius 2 is 2.00 bits per heavy atom. The van der Waals surface area contributed by atoms with Gasteiger partial charge in [0, 0.05) is 18.0 Å². The van der Waals surface area contributed by atoms with Gasteiger partial charge in [-0.05, 0) is 43.2 Å². The maximum atomic E-state index is 13.3. The Balaban J connectivity index is 1.60. The third-order valence-electron chi connectivity index (χ3n) is 4.88. The van der Waals surface area contributed by atoms with Crippen molar-refractivity contribution in [1.82, 2.24) is 15.1 Å². The molecule has 1 N–H and O–H groups in total. The van der Waals surface area contributed by atoms with Crippen LogP contribution in [0.1, 0.15) is 23.3 Å². The highest BCUT2D eigenvalue weighted by Gasteiger charge is 2.35. The molecule has 1 unspecified atom stereocenters. The Bertz CT molecular complexity index is 1100. The number of rotatable bonds is 4. The number of nitrogens with one attached hydrogen (secondary N) is 1. The minimum atomic E-state index is -3.50. The van der Waals surface area contributed by atoms with Crippen molar-refractivity contribution in [1.29, 1.82) is 0 Å². The van der Waals surface area contributed by atoms with Crippen LogP contribution in [-0.4, -0.2) is 47.8 Å². The van der Waals surface area contributed by atoms with Crippen LogP contribution in [0.5, 0.6) is 0 Å². The largest absolute Gasteiger partial charge is 0.333 e. The molecule has 1 aromatic heterocycles. The molecule has 140 valence electrons. The first-order chi connectivity index (χ1) is 13.0. The Morgan fingerprint density at radius 1 is 1.22 bits per heavy atom. The van der Waals surface area contributed by atoms with E-state index in [4.69, 9.17) is 0 Å². The van der Waals surface area contributed by atoms with Crippen LogP contribution in [-0.2, 0) is 9.84 Å². The highest BCUT2D eigenvalue weighted by atomic mass is 32.2. The molecule has 0 radical (unpaired) electrons. The Hall–Kier alpha value is -2.74. The molecule has 27 heavy (non-hydrogen) atoms. The first-order valence-electron chi connectivity index (χ1n) is 8.68. The maximum Gasteiger partial charge on any atom is 0.275 e. The molecule has 0 spiro atoms. The summed E-state index contributed by atoms with van der Waals surface area (Å²) in [6.45, 7) is 0.476. The molecule has 3 aromatic rings. The number of carbonyl (C=O) groups is 1. The van der Waals surface area contributed by atoms with Crippen molar-refractivity contribution in [3.63, 3.8) is 0 Å². The average Bonchev–Trinajstić information content (AvgIpc) is 3.28. The number of amides is 1. The van der Waals surface area contributed by atoms with Crippen molar-refractivity contribution in [2.75, 3.05) is 12.3 Å². The number of halogens is 1. The van der Waals surface area contributed by atoms with E-state index in [1.54, 1.807) is 35.2 Å². The van der Waals surface area contributed by atoms with Gasteiger partial charge in [0.15, 0.2) is 15.5 Å². The predicted molar refractivity (Wildman–Crippen MR) is 98.6 cm³/mol. The van der Waals surface area contributed by atoms with Crippen LogP contribution in [0, 0.1) is 5.82 Å². The summed E-state index contributed by atoms with van der Waals surface area (Å²) in [6.07, 6.45) is 1.35. The van der Waals surface area contributed by atoms with Crippen LogP contribution in [0.4, 0.5) is 4.39 Å². The first-order valence-corrected chi connectivity index (χ1v) is 10.3. The molecule has 1 saturated heterocycles. The number of likely N-dealkylation sites (tertiary alicyclic amines) is 1. The zero-order chi connectivity index (χ0) is 19.0. The van der Waals surface area contributed by atoms with Crippen LogP contribution in [0.15, 0.2) is 53.4 Å². The molecule has 0 bridgehead atoms. The molecule has 1 aliphatic heterocycles. The van der Waals surface area contributed by atoms with Gasteiger partial charge in [-0.2, -0.15) is 5.10 Å². The summed E-state index contributed by atoms with van der Waals surface area (Å²) in [5.41, 5.74) is 0.625. The van der Waals surface area contributed by atoms with E-state index in [1.807, 2.05) is 0 Å². The van der Waals surface area contributed by atoms with Gasteiger partial charge < -0.3 is 4.90 Å². The van der Waals surface area contributed by atoms with E-state index in [1.165, 1.54) is 18.2 Å². The van der Waals surface area contributed by atoms with Gasteiger partial charge in [0.05, 0.1) is 16.2 Å². The maximum absolute atomic E-state index is 13.3. The van der Waals surface area contributed by atoms with Crippen LogP contribution in [0.25, 0.3) is 10.9 Å². The number of carbonyl (C=O) groups excluding carboxylic acids is 1. The minimum absolute atomic E-state index is 0.125. The average molecular weight is 387 g/mol. The van der Waals surface area contributed by atoms with E-state index in [2.05, 4.69) is 10.2 Å². The Labute approximate surface area is 155 Å². The number of aromatic nitrogens is 2. The van der Waals surface area contributed by atoms with Crippen molar-refractivity contribution >= 4 is 26.6 Å². The van der Waals surface area contributed by atoms with Crippen molar-refractivity contribution in [2.24, 2.45) is 0 Å². The molecule has 1 amide bonds. The van der Waals surface area contributed by atoms with Gasteiger partial charge in [-0.1, -0.05) is 18.2 Å². The van der Waals surface area contributed by atoms with Gasteiger partial charge in [0.1, 0.15) is 5.82 Å². The van der Waals surface area contributed by atoms with Crippen molar-refractivity contribution < 1.29 is 17.6 Å². The lowest BCUT2D eigenvalue weighted by molar-refractivity contribution is 0.0745. The number of fused-ring (bicyclic) bond motifs is 1. The molecule has 6 nitrogen and oxygen atoms in total. The number of hydrogen-bond acceptors (Lipinski definition) is 4.